The molecule has 6 heteroatoms. The van der Waals surface area contributed by atoms with Crippen LogP contribution in [0.3, 0.4) is 0 Å². The smallest absolute Gasteiger partial charge is 0.332 e. The van der Waals surface area contributed by atoms with E-state index in [0.29, 0.717) is 0 Å². The van der Waals surface area contributed by atoms with Gasteiger partial charge in [-0.25, -0.2) is 9.59 Å². The molecule has 2 atom stereocenters. The van der Waals surface area contributed by atoms with Gasteiger partial charge in [-0.2, -0.15) is 0 Å². The molecule has 0 aliphatic heterocycles. The molecule has 0 radical (unpaired) electrons. The van der Waals surface area contributed by atoms with Crippen LogP contribution < -0.4 is 0 Å². The van der Waals surface area contributed by atoms with Gasteiger partial charge in [0, 0.05) is 0 Å². The first-order valence-electron chi connectivity index (χ1n) is 3.10. The maximum absolute atomic E-state index is 9.45. The van der Waals surface area contributed by atoms with Crippen molar-refractivity contribution in [2.45, 2.75) is 26.1 Å². The van der Waals surface area contributed by atoms with Crippen molar-refractivity contribution in [3.05, 3.63) is 0 Å². The molecular weight excluding hydrogens is 168 g/mol. The number of carboxylic acids is 2. The highest BCUT2D eigenvalue weighted by Gasteiger charge is 2.01. The van der Waals surface area contributed by atoms with Crippen molar-refractivity contribution < 1.29 is 30.0 Å². The van der Waals surface area contributed by atoms with Gasteiger partial charge in [-0.05, 0) is 13.8 Å². The predicted octanol–water partition coefficient (Wildman–Crippen LogP) is -1.10. The highest BCUT2D eigenvalue weighted by molar-refractivity contribution is 5.71. The maximum atomic E-state index is 9.45. The van der Waals surface area contributed by atoms with E-state index in [9.17, 15) is 9.59 Å². The minimum atomic E-state index is -1.23. The number of carbonyl (C=O) groups is 2. The van der Waals surface area contributed by atoms with Crippen LogP contribution in [0.5, 0.6) is 0 Å². The summed E-state index contributed by atoms with van der Waals surface area (Å²) in [6.07, 6.45) is -2.46. The summed E-state index contributed by atoms with van der Waals surface area (Å²) in [4.78, 5) is 18.9. The van der Waals surface area contributed by atoms with Crippen LogP contribution in [0.25, 0.3) is 0 Å². The summed E-state index contributed by atoms with van der Waals surface area (Å²) in [5, 5.41) is 31.5. The molecule has 0 spiro atoms. The molecule has 0 aromatic heterocycles. The van der Waals surface area contributed by atoms with Crippen LogP contribution in [0.1, 0.15) is 13.8 Å². The van der Waals surface area contributed by atoms with E-state index in [1.807, 2.05) is 0 Å². The predicted molar refractivity (Wildman–Crippen MR) is 38.6 cm³/mol. The van der Waals surface area contributed by atoms with Crippen molar-refractivity contribution in [1.29, 1.82) is 0 Å². The fourth-order valence-electron chi connectivity index (χ4n) is 0. The molecule has 0 aliphatic rings. The number of aliphatic carboxylic acids is 2. The Morgan fingerprint density at radius 3 is 1.00 bits per heavy atom. The third-order valence-electron chi connectivity index (χ3n) is 0.715. The topological polar surface area (TPSA) is 115 Å². The van der Waals surface area contributed by atoms with E-state index >= 15 is 0 Å². The van der Waals surface area contributed by atoms with Crippen LogP contribution in [0.4, 0.5) is 0 Å². The summed E-state index contributed by atoms with van der Waals surface area (Å²) in [7, 11) is 0. The second-order valence-electron chi connectivity index (χ2n) is 2.03. The lowest BCUT2D eigenvalue weighted by Gasteiger charge is -1.89. The van der Waals surface area contributed by atoms with Crippen molar-refractivity contribution in [3.63, 3.8) is 0 Å². The Kier molecular flexibility index (Phi) is 7.36. The summed E-state index contributed by atoms with van der Waals surface area (Å²) in [5.41, 5.74) is 0. The molecule has 0 aromatic carbocycles. The minimum absolute atomic E-state index is 1.19. The van der Waals surface area contributed by atoms with E-state index in [-0.39, 0.29) is 0 Å². The van der Waals surface area contributed by atoms with Crippen LogP contribution in [0.15, 0.2) is 0 Å². The van der Waals surface area contributed by atoms with Crippen molar-refractivity contribution in [2.24, 2.45) is 0 Å². The molecule has 0 rings (SSSR count). The zero-order valence-corrected chi connectivity index (χ0v) is 6.76. The molecular formula is C6H12O6. The van der Waals surface area contributed by atoms with Crippen molar-refractivity contribution >= 4 is 11.9 Å². The van der Waals surface area contributed by atoms with Gasteiger partial charge in [0.2, 0.25) is 0 Å². The Morgan fingerprint density at radius 1 is 0.917 bits per heavy atom. The van der Waals surface area contributed by atoms with E-state index in [1.165, 1.54) is 13.8 Å². The van der Waals surface area contributed by atoms with E-state index in [0.717, 1.165) is 0 Å². The minimum Gasteiger partial charge on any atom is -0.479 e. The number of aliphatic hydroxyl groups excluding tert-OH is 2. The van der Waals surface area contributed by atoms with E-state index < -0.39 is 24.1 Å². The first-order valence-corrected chi connectivity index (χ1v) is 3.10. The van der Waals surface area contributed by atoms with Gasteiger partial charge in [0.05, 0.1) is 0 Å². The Hall–Kier alpha value is -1.14. The molecule has 6 nitrogen and oxygen atoms in total. The largest absolute Gasteiger partial charge is 0.479 e. The molecule has 4 N–H and O–H groups in total. The first kappa shape index (κ1) is 13.4. The summed E-state index contributed by atoms with van der Waals surface area (Å²) in [6.45, 7) is 2.39. The summed E-state index contributed by atoms with van der Waals surface area (Å²) in [5.74, 6) is -2.37. The summed E-state index contributed by atoms with van der Waals surface area (Å²) >= 11 is 0. The van der Waals surface area contributed by atoms with E-state index in [1.54, 1.807) is 0 Å². The van der Waals surface area contributed by atoms with Crippen molar-refractivity contribution in [3.8, 4) is 0 Å². The third kappa shape index (κ3) is 11.6. The molecule has 0 saturated carbocycles. The average molecular weight is 180 g/mol. The van der Waals surface area contributed by atoms with Crippen LogP contribution in [-0.4, -0.2) is 44.6 Å². The standard InChI is InChI=1S/2C3H6O3/c2*1-2(4)3(5)6/h2*2,4H,1H3,(H,5,6)/t2*2-/m00/s1. The van der Waals surface area contributed by atoms with Crippen LogP contribution in [0, 0.1) is 0 Å². The molecule has 0 aliphatic carbocycles. The van der Waals surface area contributed by atoms with Crippen LogP contribution in [0.2, 0.25) is 0 Å². The fourth-order valence-corrected chi connectivity index (χ4v) is 0. The van der Waals surface area contributed by atoms with E-state index in [2.05, 4.69) is 0 Å². The number of carboxylic acid groups (broad SMARTS) is 2. The third-order valence-corrected chi connectivity index (χ3v) is 0.715. The molecule has 0 amide bonds. The lowest BCUT2D eigenvalue weighted by Crippen LogP contribution is -2.13. The van der Waals surface area contributed by atoms with Gasteiger partial charge in [-0.1, -0.05) is 0 Å². The highest BCUT2D eigenvalue weighted by Crippen LogP contribution is 1.73. The van der Waals surface area contributed by atoms with Crippen molar-refractivity contribution in [2.75, 3.05) is 0 Å². The normalized spacial score (nSPS) is 13.7. The maximum Gasteiger partial charge on any atom is 0.332 e. The SMILES string of the molecule is C[C@H](O)C(=O)O.C[C@H](O)C(=O)O. The summed E-state index contributed by atoms with van der Waals surface area (Å²) < 4.78 is 0. The van der Waals surface area contributed by atoms with Crippen molar-refractivity contribution in [1.82, 2.24) is 0 Å². The lowest BCUT2D eigenvalue weighted by atomic mass is 10.4. The molecule has 12 heavy (non-hydrogen) atoms. The molecule has 72 valence electrons. The Balaban J connectivity index is 0. The van der Waals surface area contributed by atoms with Gasteiger partial charge in [-0.15, -0.1) is 0 Å². The number of aliphatic hydroxyl groups is 2. The van der Waals surface area contributed by atoms with Gasteiger partial charge in [0.15, 0.2) is 0 Å². The molecule has 0 heterocycles. The van der Waals surface area contributed by atoms with Gasteiger partial charge >= 0.3 is 11.9 Å². The molecule has 0 bridgehead atoms. The molecule has 0 unspecified atom stereocenters. The monoisotopic (exact) mass is 180 g/mol. The lowest BCUT2D eigenvalue weighted by molar-refractivity contribution is -0.146. The van der Waals surface area contributed by atoms with Gasteiger partial charge in [0.1, 0.15) is 12.2 Å². The zero-order valence-electron chi connectivity index (χ0n) is 6.76. The van der Waals surface area contributed by atoms with Crippen LogP contribution >= 0.6 is 0 Å². The first-order chi connectivity index (χ1) is 5.29. The zero-order chi connectivity index (χ0) is 10.3. The Morgan fingerprint density at radius 2 is 1.00 bits per heavy atom. The second-order valence-corrected chi connectivity index (χ2v) is 2.03. The quantitative estimate of drug-likeness (QED) is 0.429. The van der Waals surface area contributed by atoms with Gasteiger partial charge in [0.25, 0.3) is 0 Å². The van der Waals surface area contributed by atoms with Gasteiger partial charge in [-0.3, -0.25) is 0 Å². The number of hydrogen-bond acceptors (Lipinski definition) is 4. The van der Waals surface area contributed by atoms with Crippen LogP contribution in [-0.2, 0) is 9.59 Å². The average Bonchev–Trinajstić information content (AvgIpc) is 1.88. The summed E-state index contributed by atoms with van der Waals surface area (Å²) in [6, 6.07) is 0. The fraction of sp³-hybridized carbons (Fsp3) is 0.667. The van der Waals surface area contributed by atoms with E-state index in [4.69, 9.17) is 20.4 Å². The molecule has 0 fully saturated rings. The second kappa shape index (κ2) is 6.56. The Bertz CT molecular complexity index is 132. The Labute approximate surface area is 69.1 Å². The van der Waals surface area contributed by atoms with Gasteiger partial charge < -0.3 is 20.4 Å². The number of rotatable bonds is 2. The highest BCUT2D eigenvalue weighted by atomic mass is 16.4. The molecule has 0 saturated heterocycles. The molecule has 0 aromatic rings. The number of hydrogen-bond donors (Lipinski definition) is 4.